The molecule has 3 rings (SSSR count). The zero-order chi connectivity index (χ0) is 17.8. The summed E-state index contributed by atoms with van der Waals surface area (Å²) < 4.78 is 25.1. The van der Waals surface area contributed by atoms with Crippen molar-refractivity contribution in [1.29, 1.82) is 0 Å². The number of Topliss-reactive ketones (excluding diaryl/α,β-unsaturated/α-hetero) is 1. The number of aliphatic hydroxyl groups is 1. The topological polar surface area (TPSA) is 59.4 Å². The molecule has 0 amide bonds. The van der Waals surface area contributed by atoms with Gasteiger partial charge in [0, 0.05) is 28.0 Å². The number of ether oxygens (including phenoxy) is 1. The number of hydrogen-bond donors (Lipinski definition) is 1. The van der Waals surface area contributed by atoms with Crippen LogP contribution in [-0.2, 0) is 11.2 Å². The molecule has 2 aromatic carbocycles. The number of ketones is 1. The van der Waals surface area contributed by atoms with Crippen molar-refractivity contribution < 1.29 is 19.0 Å². The third kappa shape index (κ3) is 4.12. The molecule has 0 aliphatic heterocycles. The summed E-state index contributed by atoms with van der Waals surface area (Å²) >= 11 is 4.54. The van der Waals surface area contributed by atoms with Crippen LogP contribution in [-0.4, -0.2) is 35.1 Å². The largest absolute Gasteiger partial charge is 0.394 e. The van der Waals surface area contributed by atoms with Crippen molar-refractivity contribution in [2.75, 3.05) is 19.8 Å². The van der Waals surface area contributed by atoms with Crippen LogP contribution in [0.2, 0.25) is 0 Å². The van der Waals surface area contributed by atoms with E-state index in [1.54, 1.807) is 24.4 Å². The summed E-state index contributed by atoms with van der Waals surface area (Å²) in [4.78, 5) is 12.5. The van der Waals surface area contributed by atoms with Crippen molar-refractivity contribution in [3.63, 3.8) is 0 Å². The number of aliphatic hydroxyl groups excluding tert-OH is 1. The lowest BCUT2D eigenvalue weighted by molar-refractivity contribution is 0.0663. The van der Waals surface area contributed by atoms with Gasteiger partial charge in [-0.25, -0.2) is 4.39 Å². The van der Waals surface area contributed by atoms with E-state index in [1.807, 2.05) is 6.07 Å². The summed E-state index contributed by atoms with van der Waals surface area (Å²) in [6.07, 6.45) is 2.03. The number of nitrogens with zero attached hydrogens (tertiary/aromatic N) is 1. The number of rotatable bonds is 7. The van der Waals surface area contributed by atoms with Crippen LogP contribution < -0.4 is 0 Å². The Labute approximate surface area is 156 Å². The molecule has 3 aromatic rings. The van der Waals surface area contributed by atoms with Crippen molar-refractivity contribution in [3.05, 3.63) is 63.5 Å². The molecular weight excluding hydrogens is 409 g/mol. The predicted octanol–water partition coefficient (Wildman–Crippen LogP) is 3.98. The van der Waals surface area contributed by atoms with Crippen LogP contribution in [0.4, 0.5) is 4.39 Å². The Morgan fingerprint density at radius 3 is 2.92 bits per heavy atom. The zero-order valence-corrected chi connectivity index (χ0v) is 15.6. The maximum atomic E-state index is 14.3. The van der Waals surface area contributed by atoms with Crippen molar-refractivity contribution in [2.24, 2.45) is 0 Å². The lowest BCUT2D eigenvalue weighted by Gasteiger charge is -2.11. The number of carbonyl (C=O) groups excluding carboxylic acids is 1. The average molecular weight is 424 g/mol. The van der Waals surface area contributed by atoms with Gasteiger partial charge in [-0.05, 0) is 34.8 Å². The summed E-state index contributed by atoms with van der Waals surface area (Å²) in [7, 11) is 0. The van der Waals surface area contributed by atoms with Gasteiger partial charge in [0.25, 0.3) is 0 Å². The fourth-order valence-corrected chi connectivity index (χ4v) is 3.71. The third-order valence-electron chi connectivity index (χ3n) is 3.78. The van der Waals surface area contributed by atoms with Gasteiger partial charge in [-0.2, -0.15) is 4.37 Å². The Balaban J connectivity index is 2.00. The fraction of sp³-hybridized carbons (Fsp3) is 0.222. The highest BCUT2D eigenvalue weighted by molar-refractivity contribution is 9.10. The lowest BCUT2D eigenvalue weighted by Crippen LogP contribution is -2.14. The van der Waals surface area contributed by atoms with Crippen LogP contribution in [0.1, 0.15) is 21.5 Å². The number of hydrogen-bond acceptors (Lipinski definition) is 5. The van der Waals surface area contributed by atoms with E-state index in [0.717, 1.165) is 15.6 Å². The summed E-state index contributed by atoms with van der Waals surface area (Å²) in [5.41, 5.74) is 1.75. The number of aromatic nitrogens is 1. The molecule has 0 aliphatic carbocycles. The Morgan fingerprint density at radius 2 is 2.16 bits per heavy atom. The van der Waals surface area contributed by atoms with Gasteiger partial charge in [0.1, 0.15) is 12.4 Å². The highest BCUT2D eigenvalue weighted by atomic mass is 79.9. The molecule has 130 valence electrons. The van der Waals surface area contributed by atoms with Crippen molar-refractivity contribution in [3.8, 4) is 0 Å². The van der Waals surface area contributed by atoms with Gasteiger partial charge < -0.3 is 9.84 Å². The van der Waals surface area contributed by atoms with Crippen LogP contribution >= 0.6 is 27.5 Å². The maximum Gasteiger partial charge on any atom is 0.188 e. The minimum Gasteiger partial charge on any atom is -0.394 e. The minimum absolute atomic E-state index is 0.102. The highest BCUT2D eigenvalue weighted by Crippen LogP contribution is 2.29. The first-order valence-electron chi connectivity index (χ1n) is 7.62. The summed E-state index contributed by atoms with van der Waals surface area (Å²) in [5.74, 6) is -0.526. The molecule has 0 spiro atoms. The summed E-state index contributed by atoms with van der Waals surface area (Å²) in [6.45, 7) is -0.163. The first-order chi connectivity index (χ1) is 12.1. The third-order valence-corrected chi connectivity index (χ3v) is 5.15. The second-order valence-corrected chi connectivity index (χ2v) is 7.17. The fourth-order valence-electron chi connectivity index (χ4n) is 2.59. The average Bonchev–Trinajstić information content (AvgIpc) is 3.06. The molecule has 7 heteroatoms. The van der Waals surface area contributed by atoms with Gasteiger partial charge in [-0.3, -0.25) is 4.79 Å². The van der Waals surface area contributed by atoms with Gasteiger partial charge in [-0.15, -0.1) is 0 Å². The monoisotopic (exact) mass is 423 g/mol. The minimum atomic E-state index is -0.328. The van der Waals surface area contributed by atoms with E-state index in [-0.39, 0.29) is 31.4 Å². The number of benzene rings is 2. The van der Waals surface area contributed by atoms with Gasteiger partial charge in [-0.1, -0.05) is 34.1 Å². The normalized spacial score (nSPS) is 11.2. The lowest BCUT2D eigenvalue weighted by atomic mass is 9.96. The van der Waals surface area contributed by atoms with Crippen molar-refractivity contribution in [1.82, 2.24) is 4.37 Å². The van der Waals surface area contributed by atoms with Crippen molar-refractivity contribution in [2.45, 2.75) is 6.42 Å². The van der Waals surface area contributed by atoms with E-state index in [2.05, 4.69) is 20.3 Å². The molecule has 0 atom stereocenters. The molecule has 0 saturated carbocycles. The van der Waals surface area contributed by atoms with E-state index >= 15 is 0 Å². The molecule has 1 N–H and O–H groups in total. The SMILES string of the molecule is O=C(COCCO)c1ccc2cnsc2c1Cc1ccc(Br)cc1F. The van der Waals surface area contributed by atoms with E-state index < -0.39 is 0 Å². The van der Waals surface area contributed by atoms with Crippen molar-refractivity contribution >= 4 is 43.3 Å². The molecule has 1 aromatic heterocycles. The van der Waals surface area contributed by atoms with Gasteiger partial charge in [0.2, 0.25) is 0 Å². The Morgan fingerprint density at radius 1 is 1.32 bits per heavy atom. The Kier molecular flexibility index (Phi) is 5.90. The van der Waals surface area contributed by atoms with E-state index in [4.69, 9.17) is 9.84 Å². The Hall–Kier alpha value is -1.67. The molecule has 0 unspecified atom stereocenters. The highest BCUT2D eigenvalue weighted by Gasteiger charge is 2.18. The zero-order valence-electron chi connectivity index (χ0n) is 13.2. The van der Waals surface area contributed by atoms with E-state index in [9.17, 15) is 9.18 Å². The van der Waals surface area contributed by atoms with Crippen LogP contribution in [0.5, 0.6) is 0 Å². The molecular formula is C18H15BrFNO3S. The Bertz CT molecular complexity index is 912. The second kappa shape index (κ2) is 8.14. The molecule has 25 heavy (non-hydrogen) atoms. The molecule has 1 heterocycles. The smallest absolute Gasteiger partial charge is 0.188 e. The van der Waals surface area contributed by atoms with Gasteiger partial charge in [0.15, 0.2) is 5.78 Å². The summed E-state index contributed by atoms with van der Waals surface area (Å²) in [6, 6.07) is 8.45. The van der Waals surface area contributed by atoms with Crippen LogP contribution in [0.25, 0.3) is 10.1 Å². The van der Waals surface area contributed by atoms with Crippen LogP contribution in [0.15, 0.2) is 41.0 Å². The molecule has 0 aliphatic rings. The standard InChI is InChI=1S/C18H15BrFNO3S/c19-13-3-1-11(16(20)8-13)7-15-14(17(23)10-24-6-5-22)4-2-12-9-21-25-18(12)15/h1-4,8-9,22H,5-7,10H2. The quantitative estimate of drug-likeness (QED) is 0.461. The van der Waals surface area contributed by atoms with Gasteiger partial charge in [0.05, 0.1) is 17.9 Å². The number of fused-ring (bicyclic) bond motifs is 1. The van der Waals surface area contributed by atoms with E-state index in [0.29, 0.717) is 22.0 Å². The van der Waals surface area contributed by atoms with Crippen LogP contribution in [0.3, 0.4) is 0 Å². The molecule has 0 bridgehead atoms. The molecule has 4 nitrogen and oxygen atoms in total. The van der Waals surface area contributed by atoms with E-state index in [1.165, 1.54) is 17.6 Å². The summed E-state index contributed by atoms with van der Waals surface area (Å²) in [5, 5.41) is 9.70. The first kappa shape index (κ1) is 18.1. The first-order valence-corrected chi connectivity index (χ1v) is 9.19. The molecule has 0 saturated heterocycles. The number of carbonyl (C=O) groups is 1. The number of halogens is 2. The predicted molar refractivity (Wildman–Crippen MR) is 98.8 cm³/mol. The van der Waals surface area contributed by atoms with Crippen LogP contribution in [0, 0.1) is 5.82 Å². The second-order valence-electron chi connectivity index (χ2n) is 5.45. The van der Waals surface area contributed by atoms with Gasteiger partial charge >= 0.3 is 0 Å². The maximum absolute atomic E-state index is 14.3. The molecule has 0 radical (unpaired) electrons. The molecule has 0 fully saturated rings.